The lowest BCUT2D eigenvalue weighted by Crippen LogP contribution is -2.43. The van der Waals surface area contributed by atoms with Crippen LogP contribution in [0.4, 0.5) is 8.78 Å². The van der Waals surface area contributed by atoms with Crippen molar-refractivity contribution >= 4 is 11.9 Å². The number of nitrogens with zero attached hydrogens (tertiary/aromatic N) is 2. The van der Waals surface area contributed by atoms with Gasteiger partial charge < -0.3 is 10.0 Å². The number of aliphatic carboxylic acids is 1. The van der Waals surface area contributed by atoms with Crippen molar-refractivity contribution in [3.63, 3.8) is 0 Å². The second kappa shape index (κ2) is 4.50. The maximum Gasteiger partial charge on any atom is 0.326 e. The summed E-state index contributed by atoms with van der Waals surface area (Å²) in [4.78, 5) is 28.3. The second-order valence-corrected chi connectivity index (χ2v) is 5.14. The van der Waals surface area contributed by atoms with Crippen LogP contribution in [0.25, 0.3) is 0 Å². The minimum Gasteiger partial charge on any atom is -0.480 e. The summed E-state index contributed by atoms with van der Waals surface area (Å²) in [7, 11) is 0. The molecule has 5 nitrogen and oxygen atoms in total. The molecule has 1 saturated carbocycles. The molecule has 0 aromatic carbocycles. The number of hydrogen-bond donors (Lipinski definition) is 1. The predicted molar refractivity (Wildman–Crippen MR) is 63.3 cm³/mol. The molecular formula is C13H12F2N2O3. The van der Waals surface area contributed by atoms with Crippen LogP contribution in [0.3, 0.4) is 0 Å². The molecule has 1 aliphatic heterocycles. The van der Waals surface area contributed by atoms with Crippen LogP contribution < -0.4 is 0 Å². The van der Waals surface area contributed by atoms with Crippen LogP contribution in [0.5, 0.6) is 0 Å². The van der Waals surface area contributed by atoms with Crippen LogP contribution in [0.15, 0.2) is 18.3 Å². The summed E-state index contributed by atoms with van der Waals surface area (Å²) >= 11 is 0. The normalized spacial score (nSPS) is 27.6. The van der Waals surface area contributed by atoms with E-state index in [0.717, 1.165) is 18.7 Å². The number of carboxylic acids is 1. The molecule has 1 saturated heterocycles. The standard InChI is InChI=1S/C13H12F2N2O3/c14-11(15)8-3-6(1-2-16-8)12(18)17-9-4-7(9)5-10(17)13(19)20/h1-3,7,9-11H,4-5H2,(H,19,20)/t7-,9-,10-/m1/s1. The van der Waals surface area contributed by atoms with Gasteiger partial charge in [0.25, 0.3) is 12.3 Å². The summed E-state index contributed by atoms with van der Waals surface area (Å²) in [6, 6.07) is 1.45. The molecule has 1 amide bonds. The Hall–Kier alpha value is -2.05. The van der Waals surface area contributed by atoms with Crippen molar-refractivity contribution in [1.82, 2.24) is 9.88 Å². The van der Waals surface area contributed by atoms with E-state index in [1.165, 1.54) is 11.0 Å². The van der Waals surface area contributed by atoms with Crippen LogP contribution in [-0.2, 0) is 4.79 Å². The Labute approximate surface area is 113 Å². The van der Waals surface area contributed by atoms with E-state index in [1.807, 2.05) is 0 Å². The molecule has 0 radical (unpaired) electrons. The van der Waals surface area contributed by atoms with E-state index in [-0.39, 0.29) is 17.5 Å². The fourth-order valence-corrected chi connectivity index (χ4v) is 2.82. The highest BCUT2D eigenvalue weighted by Crippen LogP contribution is 2.48. The third-order valence-electron chi connectivity index (χ3n) is 3.88. The maximum absolute atomic E-state index is 12.6. The largest absolute Gasteiger partial charge is 0.480 e. The highest BCUT2D eigenvalue weighted by Gasteiger charge is 2.56. The van der Waals surface area contributed by atoms with Gasteiger partial charge in [0.2, 0.25) is 0 Å². The first-order chi connectivity index (χ1) is 9.49. The summed E-state index contributed by atoms with van der Waals surface area (Å²) in [5, 5.41) is 9.13. The zero-order valence-electron chi connectivity index (χ0n) is 10.4. The molecule has 20 heavy (non-hydrogen) atoms. The topological polar surface area (TPSA) is 70.5 Å². The van der Waals surface area contributed by atoms with Gasteiger partial charge in [-0.25, -0.2) is 13.6 Å². The van der Waals surface area contributed by atoms with Crippen LogP contribution in [0, 0.1) is 5.92 Å². The van der Waals surface area contributed by atoms with Crippen molar-refractivity contribution in [2.45, 2.75) is 31.4 Å². The van der Waals surface area contributed by atoms with Crippen molar-refractivity contribution < 1.29 is 23.5 Å². The molecule has 1 N–H and O–H groups in total. The smallest absolute Gasteiger partial charge is 0.326 e. The number of rotatable bonds is 3. The van der Waals surface area contributed by atoms with Crippen LogP contribution in [0.1, 0.15) is 35.3 Å². The number of carbonyl (C=O) groups excluding carboxylic acids is 1. The molecule has 1 aliphatic carbocycles. The van der Waals surface area contributed by atoms with E-state index in [1.54, 1.807) is 0 Å². The second-order valence-electron chi connectivity index (χ2n) is 5.14. The van der Waals surface area contributed by atoms with Gasteiger partial charge in [0, 0.05) is 17.8 Å². The van der Waals surface area contributed by atoms with Crippen molar-refractivity contribution in [2.24, 2.45) is 5.92 Å². The van der Waals surface area contributed by atoms with Crippen LogP contribution in [0.2, 0.25) is 0 Å². The third-order valence-corrected chi connectivity index (χ3v) is 3.88. The van der Waals surface area contributed by atoms with Crippen molar-refractivity contribution in [2.75, 3.05) is 0 Å². The van der Waals surface area contributed by atoms with Gasteiger partial charge in [0.15, 0.2) is 0 Å². The fourth-order valence-electron chi connectivity index (χ4n) is 2.82. The Bertz CT molecular complexity index is 578. The fraction of sp³-hybridized carbons (Fsp3) is 0.462. The molecule has 3 atom stereocenters. The Morgan fingerprint density at radius 2 is 2.15 bits per heavy atom. The number of alkyl halides is 2. The number of amides is 1. The highest BCUT2D eigenvalue weighted by molar-refractivity contribution is 5.97. The SMILES string of the molecule is O=C(O)[C@H]1C[C@H]2C[C@H]2N1C(=O)c1ccnc(C(F)F)c1. The average molecular weight is 282 g/mol. The third kappa shape index (κ3) is 2.03. The number of hydrogen-bond acceptors (Lipinski definition) is 3. The first-order valence-electron chi connectivity index (χ1n) is 6.28. The lowest BCUT2D eigenvalue weighted by Gasteiger charge is -2.24. The molecule has 0 bridgehead atoms. The van der Waals surface area contributed by atoms with E-state index in [4.69, 9.17) is 5.11 Å². The van der Waals surface area contributed by atoms with Gasteiger partial charge in [-0.05, 0) is 30.9 Å². The highest BCUT2D eigenvalue weighted by atomic mass is 19.3. The van der Waals surface area contributed by atoms with Gasteiger partial charge in [-0.1, -0.05) is 0 Å². The van der Waals surface area contributed by atoms with Gasteiger partial charge in [0.1, 0.15) is 11.7 Å². The van der Waals surface area contributed by atoms with Crippen LogP contribution >= 0.6 is 0 Å². The number of aromatic nitrogens is 1. The van der Waals surface area contributed by atoms with E-state index in [0.29, 0.717) is 6.42 Å². The maximum atomic E-state index is 12.6. The first kappa shape index (κ1) is 13.0. The zero-order chi connectivity index (χ0) is 14.4. The van der Waals surface area contributed by atoms with Gasteiger partial charge in [-0.15, -0.1) is 0 Å². The molecule has 2 aliphatic rings. The molecule has 2 fully saturated rings. The Kier molecular flexibility index (Phi) is 2.92. The number of piperidine rings is 1. The van der Waals surface area contributed by atoms with E-state index >= 15 is 0 Å². The minimum atomic E-state index is -2.76. The Morgan fingerprint density at radius 3 is 2.80 bits per heavy atom. The van der Waals surface area contributed by atoms with Gasteiger partial charge in [-0.3, -0.25) is 9.78 Å². The molecular weight excluding hydrogens is 270 g/mol. The van der Waals surface area contributed by atoms with Gasteiger partial charge >= 0.3 is 5.97 Å². The number of likely N-dealkylation sites (tertiary alicyclic amines) is 1. The van der Waals surface area contributed by atoms with Crippen molar-refractivity contribution in [3.8, 4) is 0 Å². The molecule has 0 unspecified atom stereocenters. The quantitative estimate of drug-likeness (QED) is 0.916. The summed E-state index contributed by atoms with van der Waals surface area (Å²) in [5.41, 5.74) is -0.414. The van der Waals surface area contributed by atoms with Gasteiger partial charge in [0.05, 0.1) is 0 Å². The summed E-state index contributed by atoms with van der Waals surface area (Å²) in [6.07, 6.45) is -0.378. The number of pyridine rings is 1. The monoisotopic (exact) mass is 282 g/mol. The molecule has 3 rings (SSSR count). The van der Waals surface area contributed by atoms with Crippen molar-refractivity contribution in [3.05, 3.63) is 29.6 Å². The summed E-state index contributed by atoms with van der Waals surface area (Å²) in [6.45, 7) is 0. The number of carbonyl (C=O) groups is 2. The Morgan fingerprint density at radius 1 is 1.40 bits per heavy atom. The Balaban J connectivity index is 1.88. The molecule has 0 spiro atoms. The minimum absolute atomic E-state index is 0.0632. The molecule has 1 aromatic heterocycles. The van der Waals surface area contributed by atoms with Crippen LogP contribution in [-0.4, -0.2) is 39.0 Å². The summed E-state index contributed by atoms with van der Waals surface area (Å²) in [5.74, 6) is -1.32. The van der Waals surface area contributed by atoms with Gasteiger partial charge in [-0.2, -0.15) is 0 Å². The first-order valence-corrected chi connectivity index (χ1v) is 6.28. The molecule has 2 heterocycles. The number of fused-ring (bicyclic) bond motifs is 1. The molecule has 1 aromatic rings. The zero-order valence-corrected chi connectivity index (χ0v) is 10.4. The predicted octanol–water partition coefficient (Wildman–Crippen LogP) is 1.71. The number of carboxylic acid groups (broad SMARTS) is 1. The molecule has 7 heteroatoms. The van der Waals surface area contributed by atoms with E-state index in [9.17, 15) is 18.4 Å². The lowest BCUT2D eigenvalue weighted by molar-refractivity contribution is -0.141. The lowest BCUT2D eigenvalue weighted by atomic mass is 10.1. The average Bonchev–Trinajstić information content (AvgIpc) is 3.09. The van der Waals surface area contributed by atoms with E-state index in [2.05, 4.69) is 4.98 Å². The van der Waals surface area contributed by atoms with E-state index < -0.39 is 30.0 Å². The summed E-state index contributed by atoms with van der Waals surface area (Å²) < 4.78 is 25.2. The number of halogens is 2. The van der Waals surface area contributed by atoms with Crippen molar-refractivity contribution in [1.29, 1.82) is 0 Å². The molecule has 106 valence electrons.